The van der Waals surface area contributed by atoms with E-state index in [1.807, 2.05) is 61.5 Å². The molecule has 5 heteroatoms. The Morgan fingerprint density at radius 3 is 2.20 bits per heavy atom. The van der Waals surface area contributed by atoms with Gasteiger partial charge in [0.1, 0.15) is 0 Å². The van der Waals surface area contributed by atoms with Crippen LogP contribution in [-0.4, -0.2) is 39.0 Å². The summed E-state index contributed by atoms with van der Waals surface area (Å²) in [6, 6.07) is 17.0. The number of carbonyl (C=O) groups is 2. The van der Waals surface area contributed by atoms with Gasteiger partial charge in [-0.05, 0) is 35.9 Å². The summed E-state index contributed by atoms with van der Waals surface area (Å²) in [4.78, 5) is 25.7. The summed E-state index contributed by atoms with van der Waals surface area (Å²) in [6.45, 7) is 0.749. The number of benzene rings is 2. The lowest BCUT2D eigenvalue weighted by molar-refractivity contribution is -0.116. The normalized spacial score (nSPS) is 10.5. The zero-order valence-corrected chi connectivity index (χ0v) is 14.5. The topological polar surface area (TPSA) is 61.4 Å². The molecule has 0 fully saturated rings. The molecule has 0 bridgehead atoms. The predicted molar refractivity (Wildman–Crippen MR) is 102 cm³/mol. The van der Waals surface area contributed by atoms with Crippen LogP contribution in [0.25, 0.3) is 6.08 Å². The number of rotatable bonds is 7. The van der Waals surface area contributed by atoms with Crippen LogP contribution < -0.4 is 15.5 Å². The van der Waals surface area contributed by atoms with E-state index in [4.69, 9.17) is 0 Å². The van der Waals surface area contributed by atoms with E-state index in [1.54, 1.807) is 18.2 Å². The number of nitrogens with zero attached hydrogens (tertiary/aromatic N) is 1. The highest BCUT2D eigenvalue weighted by Gasteiger charge is 2.05. The summed E-state index contributed by atoms with van der Waals surface area (Å²) in [5.74, 6) is -0.340. The van der Waals surface area contributed by atoms with Gasteiger partial charge in [-0.25, -0.2) is 0 Å². The van der Waals surface area contributed by atoms with E-state index in [0.717, 1.165) is 11.3 Å². The van der Waals surface area contributed by atoms with E-state index < -0.39 is 0 Å². The fourth-order valence-corrected chi connectivity index (χ4v) is 2.17. The molecule has 0 atom stereocenters. The lowest BCUT2D eigenvalue weighted by atomic mass is 10.2. The minimum atomic E-state index is -0.187. The molecule has 0 saturated heterocycles. The standard InChI is InChI=1S/C20H23N3O2/c1-23(2)18-11-9-17(10-12-18)20(25)22-15-14-21-19(24)13-8-16-6-4-3-5-7-16/h3-13H,14-15H2,1-2H3,(H,21,24)(H,22,25)/b13-8+. The van der Waals surface area contributed by atoms with Crippen molar-refractivity contribution < 1.29 is 9.59 Å². The van der Waals surface area contributed by atoms with Gasteiger partial charge in [0.2, 0.25) is 5.91 Å². The van der Waals surface area contributed by atoms with Crippen molar-refractivity contribution in [3.05, 3.63) is 71.8 Å². The third kappa shape index (κ3) is 6.14. The average Bonchev–Trinajstić information content (AvgIpc) is 2.64. The van der Waals surface area contributed by atoms with Crippen LogP contribution in [0.4, 0.5) is 5.69 Å². The van der Waals surface area contributed by atoms with Crippen LogP contribution in [0.3, 0.4) is 0 Å². The van der Waals surface area contributed by atoms with Crippen LogP contribution in [0, 0.1) is 0 Å². The number of amides is 2. The molecule has 2 rings (SSSR count). The fourth-order valence-electron chi connectivity index (χ4n) is 2.17. The molecule has 130 valence electrons. The molecule has 0 aliphatic carbocycles. The number of carbonyl (C=O) groups excluding carboxylic acids is 2. The van der Waals surface area contributed by atoms with Crippen LogP contribution >= 0.6 is 0 Å². The predicted octanol–water partition coefficient (Wildman–Crippen LogP) is 2.31. The average molecular weight is 337 g/mol. The number of anilines is 1. The Hall–Kier alpha value is -3.08. The Bertz CT molecular complexity index is 722. The lowest BCUT2D eigenvalue weighted by Gasteiger charge is -2.12. The summed E-state index contributed by atoms with van der Waals surface area (Å²) >= 11 is 0. The summed E-state index contributed by atoms with van der Waals surface area (Å²) < 4.78 is 0. The molecule has 0 saturated carbocycles. The molecular formula is C20H23N3O2. The molecule has 0 aliphatic rings. The minimum Gasteiger partial charge on any atom is -0.378 e. The second kappa shape index (κ2) is 9.27. The van der Waals surface area contributed by atoms with Crippen molar-refractivity contribution in [2.24, 2.45) is 0 Å². The van der Waals surface area contributed by atoms with Gasteiger partial charge in [0.25, 0.3) is 5.91 Å². The summed E-state index contributed by atoms with van der Waals surface area (Å²) in [7, 11) is 3.90. The molecule has 0 heterocycles. The van der Waals surface area contributed by atoms with Gasteiger partial charge in [0, 0.05) is 44.5 Å². The molecular weight excluding hydrogens is 314 g/mol. The van der Waals surface area contributed by atoms with Crippen LogP contribution in [-0.2, 0) is 4.79 Å². The Balaban J connectivity index is 1.70. The van der Waals surface area contributed by atoms with Crippen LogP contribution in [0.5, 0.6) is 0 Å². The molecule has 2 aromatic rings. The first kappa shape index (κ1) is 18.3. The lowest BCUT2D eigenvalue weighted by Crippen LogP contribution is -2.34. The number of nitrogens with one attached hydrogen (secondary N) is 2. The summed E-state index contributed by atoms with van der Waals surface area (Å²) in [5, 5.41) is 5.52. The zero-order chi connectivity index (χ0) is 18.1. The molecule has 0 spiro atoms. The number of hydrogen-bond acceptors (Lipinski definition) is 3. The van der Waals surface area contributed by atoms with Gasteiger partial charge in [-0.1, -0.05) is 30.3 Å². The van der Waals surface area contributed by atoms with Crippen molar-refractivity contribution in [2.45, 2.75) is 0 Å². The largest absolute Gasteiger partial charge is 0.378 e. The quantitative estimate of drug-likeness (QED) is 0.602. The van der Waals surface area contributed by atoms with Crippen LogP contribution in [0.1, 0.15) is 15.9 Å². The number of hydrogen-bond donors (Lipinski definition) is 2. The third-order valence-corrected chi connectivity index (χ3v) is 3.58. The first-order valence-electron chi connectivity index (χ1n) is 8.13. The van der Waals surface area contributed by atoms with Crippen LogP contribution in [0.15, 0.2) is 60.7 Å². The minimum absolute atomic E-state index is 0.153. The Kier molecular flexibility index (Phi) is 6.77. The molecule has 0 aromatic heterocycles. The second-order valence-corrected chi connectivity index (χ2v) is 5.73. The maximum absolute atomic E-state index is 12.0. The SMILES string of the molecule is CN(C)c1ccc(C(=O)NCCNC(=O)/C=C/c2ccccc2)cc1. The monoisotopic (exact) mass is 337 g/mol. The van der Waals surface area contributed by atoms with Crippen molar-refractivity contribution in [1.82, 2.24) is 10.6 Å². The van der Waals surface area contributed by atoms with Gasteiger partial charge in [0.15, 0.2) is 0 Å². The van der Waals surface area contributed by atoms with Crippen LogP contribution in [0.2, 0.25) is 0 Å². The van der Waals surface area contributed by atoms with Gasteiger partial charge in [-0.3, -0.25) is 9.59 Å². The van der Waals surface area contributed by atoms with E-state index in [9.17, 15) is 9.59 Å². The summed E-state index contributed by atoms with van der Waals surface area (Å²) in [6.07, 6.45) is 3.23. The molecule has 5 nitrogen and oxygen atoms in total. The molecule has 0 aliphatic heterocycles. The van der Waals surface area contributed by atoms with Crippen molar-refractivity contribution in [1.29, 1.82) is 0 Å². The van der Waals surface area contributed by atoms with Gasteiger partial charge in [-0.2, -0.15) is 0 Å². The molecule has 2 amide bonds. The van der Waals surface area contributed by atoms with Crippen molar-refractivity contribution in [3.8, 4) is 0 Å². The molecule has 25 heavy (non-hydrogen) atoms. The second-order valence-electron chi connectivity index (χ2n) is 5.73. The molecule has 2 N–H and O–H groups in total. The third-order valence-electron chi connectivity index (χ3n) is 3.58. The molecule has 0 radical (unpaired) electrons. The summed E-state index contributed by atoms with van der Waals surface area (Å²) in [5.41, 5.74) is 2.60. The van der Waals surface area contributed by atoms with Gasteiger partial charge < -0.3 is 15.5 Å². The Labute approximate surface area is 148 Å². The Morgan fingerprint density at radius 1 is 0.920 bits per heavy atom. The van der Waals surface area contributed by atoms with E-state index in [2.05, 4.69) is 10.6 Å². The van der Waals surface area contributed by atoms with E-state index >= 15 is 0 Å². The first-order valence-corrected chi connectivity index (χ1v) is 8.13. The molecule has 2 aromatic carbocycles. The van der Waals surface area contributed by atoms with Crippen molar-refractivity contribution in [2.75, 3.05) is 32.1 Å². The molecule has 0 unspecified atom stereocenters. The smallest absolute Gasteiger partial charge is 0.251 e. The highest BCUT2D eigenvalue weighted by atomic mass is 16.2. The van der Waals surface area contributed by atoms with Gasteiger partial charge in [-0.15, -0.1) is 0 Å². The van der Waals surface area contributed by atoms with Gasteiger partial charge >= 0.3 is 0 Å². The zero-order valence-electron chi connectivity index (χ0n) is 14.5. The first-order chi connectivity index (χ1) is 12.1. The van der Waals surface area contributed by atoms with Crippen molar-refractivity contribution >= 4 is 23.6 Å². The fraction of sp³-hybridized carbons (Fsp3) is 0.200. The van der Waals surface area contributed by atoms with E-state index in [1.165, 1.54) is 6.08 Å². The maximum atomic E-state index is 12.0. The van der Waals surface area contributed by atoms with E-state index in [-0.39, 0.29) is 11.8 Å². The van der Waals surface area contributed by atoms with Crippen molar-refractivity contribution in [3.63, 3.8) is 0 Å². The highest BCUT2D eigenvalue weighted by molar-refractivity contribution is 5.94. The Morgan fingerprint density at radius 2 is 1.56 bits per heavy atom. The highest BCUT2D eigenvalue weighted by Crippen LogP contribution is 2.11. The van der Waals surface area contributed by atoms with E-state index in [0.29, 0.717) is 18.7 Å². The maximum Gasteiger partial charge on any atom is 0.251 e. The van der Waals surface area contributed by atoms with Gasteiger partial charge in [0.05, 0.1) is 0 Å².